The minimum Gasteiger partial charge on any atom is -0.504 e. The Morgan fingerprint density at radius 3 is 2.60 bits per heavy atom. The minimum absolute atomic E-state index is 0.0349. The number of nitrogens with two attached hydrogens (primary N) is 1. The van der Waals surface area contributed by atoms with Crippen LogP contribution < -0.4 is 5.73 Å². The highest BCUT2D eigenvalue weighted by Gasteiger charge is 2.17. The third-order valence-corrected chi connectivity index (χ3v) is 1.96. The van der Waals surface area contributed by atoms with Gasteiger partial charge in [-0.1, -0.05) is 5.16 Å². The number of anilines is 1. The van der Waals surface area contributed by atoms with Crippen molar-refractivity contribution in [2.45, 2.75) is 0 Å². The number of hydrogen-bond donors (Lipinski definition) is 2. The summed E-state index contributed by atoms with van der Waals surface area (Å²) in [5.41, 5.74) is 5.62. The summed E-state index contributed by atoms with van der Waals surface area (Å²) in [5.74, 6) is -3.35. The summed E-state index contributed by atoms with van der Waals surface area (Å²) >= 11 is 0. The van der Waals surface area contributed by atoms with Crippen molar-refractivity contribution >= 4 is 5.88 Å². The minimum atomic E-state index is -1.33. The van der Waals surface area contributed by atoms with Crippen molar-refractivity contribution in [3.63, 3.8) is 0 Å². The molecule has 1 heterocycles. The number of nitrogen functional groups attached to an aromatic ring is 1. The summed E-state index contributed by atoms with van der Waals surface area (Å²) in [4.78, 5) is 0. The molecule has 0 amide bonds. The molecule has 2 aromatic rings. The van der Waals surface area contributed by atoms with Gasteiger partial charge in [0.1, 0.15) is 0 Å². The van der Waals surface area contributed by atoms with Gasteiger partial charge in [-0.2, -0.15) is 4.39 Å². The average molecular weight is 212 g/mol. The Morgan fingerprint density at radius 1 is 1.27 bits per heavy atom. The van der Waals surface area contributed by atoms with Crippen LogP contribution in [0.4, 0.5) is 14.7 Å². The zero-order valence-electron chi connectivity index (χ0n) is 7.37. The number of phenols is 1. The molecule has 4 nitrogen and oxygen atoms in total. The van der Waals surface area contributed by atoms with Crippen LogP contribution in [-0.2, 0) is 0 Å². The summed E-state index contributed by atoms with van der Waals surface area (Å²) in [7, 11) is 0. The van der Waals surface area contributed by atoms with E-state index < -0.39 is 17.4 Å². The van der Waals surface area contributed by atoms with Gasteiger partial charge < -0.3 is 15.4 Å². The van der Waals surface area contributed by atoms with E-state index in [4.69, 9.17) is 5.73 Å². The zero-order chi connectivity index (χ0) is 11.0. The predicted molar refractivity (Wildman–Crippen MR) is 47.9 cm³/mol. The van der Waals surface area contributed by atoms with E-state index >= 15 is 0 Å². The van der Waals surface area contributed by atoms with Crippen LogP contribution >= 0.6 is 0 Å². The van der Waals surface area contributed by atoms with Crippen molar-refractivity contribution in [3.8, 4) is 16.9 Å². The number of hydrogen-bond acceptors (Lipinski definition) is 4. The van der Waals surface area contributed by atoms with Gasteiger partial charge in [0.25, 0.3) is 0 Å². The number of rotatable bonds is 1. The van der Waals surface area contributed by atoms with Crippen molar-refractivity contribution in [1.82, 2.24) is 5.16 Å². The normalized spacial score (nSPS) is 10.5. The fraction of sp³-hybridized carbons (Fsp3) is 0. The van der Waals surface area contributed by atoms with Gasteiger partial charge in [-0.25, -0.2) is 4.39 Å². The van der Waals surface area contributed by atoms with E-state index in [1.165, 1.54) is 12.3 Å². The van der Waals surface area contributed by atoms with Gasteiger partial charge in [-0.15, -0.1) is 0 Å². The molecule has 0 aliphatic heterocycles. The van der Waals surface area contributed by atoms with Crippen LogP contribution in [0, 0.1) is 11.6 Å². The highest BCUT2D eigenvalue weighted by atomic mass is 19.2. The zero-order valence-corrected chi connectivity index (χ0v) is 7.37. The number of phenolic OH excluding ortho intramolecular Hbond substituents is 1. The van der Waals surface area contributed by atoms with Gasteiger partial charge in [0.05, 0.1) is 11.8 Å². The maximum atomic E-state index is 13.0. The molecule has 0 aliphatic rings. The molecule has 2 rings (SSSR count). The lowest BCUT2D eigenvalue weighted by molar-refractivity contribution is 0.409. The summed E-state index contributed by atoms with van der Waals surface area (Å²) in [6, 6.07) is 2.08. The van der Waals surface area contributed by atoms with E-state index in [9.17, 15) is 13.9 Å². The van der Waals surface area contributed by atoms with Crippen LogP contribution in [-0.4, -0.2) is 10.3 Å². The number of aromatic nitrogens is 1. The SMILES string of the molecule is Nc1oncc1-c1ccc(F)c(F)c1O. The molecule has 78 valence electrons. The van der Waals surface area contributed by atoms with Crippen molar-refractivity contribution < 1.29 is 18.4 Å². The topological polar surface area (TPSA) is 72.3 Å². The molecule has 1 aromatic heterocycles. The molecule has 0 saturated heterocycles. The number of halogens is 2. The predicted octanol–water partition coefficient (Wildman–Crippen LogP) is 1.91. The van der Waals surface area contributed by atoms with Gasteiger partial charge >= 0.3 is 0 Å². The monoisotopic (exact) mass is 212 g/mol. The van der Waals surface area contributed by atoms with E-state index in [0.29, 0.717) is 0 Å². The molecule has 0 spiro atoms. The molecule has 0 radical (unpaired) electrons. The molecule has 3 N–H and O–H groups in total. The van der Waals surface area contributed by atoms with Crippen LogP contribution in [0.5, 0.6) is 5.75 Å². The van der Waals surface area contributed by atoms with Crippen LogP contribution in [0.15, 0.2) is 22.9 Å². The highest BCUT2D eigenvalue weighted by molar-refractivity contribution is 5.76. The number of benzene rings is 1. The van der Waals surface area contributed by atoms with Crippen molar-refractivity contribution in [2.75, 3.05) is 5.73 Å². The summed E-state index contributed by atoms with van der Waals surface area (Å²) in [6.07, 6.45) is 1.21. The lowest BCUT2D eigenvalue weighted by atomic mass is 10.1. The molecule has 6 heteroatoms. The van der Waals surface area contributed by atoms with E-state index in [1.807, 2.05) is 0 Å². The van der Waals surface area contributed by atoms with Gasteiger partial charge in [0.2, 0.25) is 11.7 Å². The number of aromatic hydroxyl groups is 1. The van der Waals surface area contributed by atoms with Crippen LogP contribution in [0.3, 0.4) is 0 Å². The van der Waals surface area contributed by atoms with Gasteiger partial charge in [0.15, 0.2) is 11.6 Å². The third kappa shape index (κ3) is 1.39. The van der Waals surface area contributed by atoms with Crippen LogP contribution in [0.1, 0.15) is 0 Å². The first-order valence-electron chi connectivity index (χ1n) is 3.98. The second-order valence-corrected chi connectivity index (χ2v) is 2.86. The Labute approximate surface area is 82.9 Å². The van der Waals surface area contributed by atoms with Crippen LogP contribution in [0.25, 0.3) is 11.1 Å². The molecule has 0 atom stereocenters. The standard InChI is InChI=1S/C9H6F2N2O2/c10-6-2-1-4(8(14)7(6)11)5-3-13-15-9(5)12/h1-3,14H,12H2. The second-order valence-electron chi connectivity index (χ2n) is 2.86. The quantitative estimate of drug-likeness (QED) is 0.757. The van der Waals surface area contributed by atoms with E-state index in [1.54, 1.807) is 0 Å². The fourth-order valence-corrected chi connectivity index (χ4v) is 1.21. The molecule has 0 fully saturated rings. The van der Waals surface area contributed by atoms with Crippen molar-refractivity contribution in [1.29, 1.82) is 0 Å². The Balaban J connectivity index is 2.65. The average Bonchev–Trinajstić information content (AvgIpc) is 2.62. The Hall–Kier alpha value is -2.11. The molecular weight excluding hydrogens is 206 g/mol. The molecule has 0 unspecified atom stereocenters. The van der Waals surface area contributed by atoms with Gasteiger partial charge in [-0.05, 0) is 12.1 Å². The second kappa shape index (κ2) is 3.23. The molecule has 1 aromatic carbocycles. The van der Waals surface area contributed by atoms with Gasteiger partial charge in [-0.3, -0.25) is 0 Å². The summed E-state index contributed by atoms with van der Waals surface area (Å²) in [5, 5.41) is 12.7. The van der Waals surface area contributed by atoms with Crippen molar-refractivity contribution in [3.05, 3.63) is 30.0 Å². The first-order chi connectivity index (χ1) is 7.11. The fourth-order valence-electron chi connectivity index (χ4n) is 1.21. The van der Waals surface area contributed by atoms with E-state index in [-0.39, 0.29) is 17.0 Å². The molecule has 0 saturated carbocycles. The van der Waals surface area contributed by atoms with E-state index in [0.717, 1.165) is 6.07 Å². The van der Waals surface area contributed by atoms with E-state index in [2.05, 4.69) is 9.68 Å². The first-order valence-corrected chi connectivity index (χ1v) is 3.98. The maximum Gasteiger partial charge on any atom is 0.230 e. The lowest BCUT2D eigenvalue weighted by Gasteiger charge is -2.03. The lowest BCUT2D eigenvalue weighted by Crippen LogP contribution is -1.90. The summed E-state index contributed by atoms with van der Waals surface area (Å²) < 4.78 is 30.2. The largest absolute Gasteiger partial charge is 0.504 e. The molecule has 15 heavy (non-hydrogen) atoms. The third-order valence-electron chi connectivity index (χ3n) is 1.96. The smallest absolute Gasteiger partial charge is 0.230 e. The molecule has 0 bridgehead atoms. The van der Waals surface area contributed by atoms with Gasteiger partial charge in [0, 0.05) is 5.56 Å². The Bertz CT molecular complexity index is 511. The Kier molecular flexibility index (Phi) is 2.03. The number of nitrogens with zero attached hydrogens (tertiary/aromatic N) is 1. The summed E-state index contributed by atoms with van der Waals surface area (Å²) in [6.45, 7) is 0. The maximum absolute atomic E-state index is 13.0. The first kappa shape index (κ1) is 9.45. The molecular formula is C9H6F2N2O2. The van der Waals surface area contributed by atoms with Crippen molar-refractivity contribution in [2.24, 2.45) is 0 Å². The highest BCUT2D eigenvalue weighted by Crippen LogP contribution is 2.35. The molecule has 0 aliphatic carbocycles. The van der Waals surface area contributed by atoms with Crippen LogP contribution in [0.2, 0.25) is 0 Å². The Morgan fingerprint density at radius 2 is 2.00 bits per heavy atom.